The first-order valence-electron chi connectivity index (χ1n) is 24.1. The molecule has 2 aliphatic heterocycles. The highest BCUT2D eigenvalue weighted by Crippen LogP contribution is 2.65. The fourth-order valence-electron chi connectivity index (χ4n) is 12.3. The molecule has 4 aliphatic rings. The SMILES string of the molecule is CC(C)(C)c1ccc2c(c1)C1(c3cc(C(C)(C)C)ccc3O2)c2ccccc2-c2c(CN(c3ccccc3)c3ccc4c(c3)C3(c5ccccc5O4)c4ccccc4-c4ccccc43)cccc21. The van der Waals surface area contributed by atoms with Crippen LogP contribution in [0.15, 0.2) is 200 Å². The Morgan fingerprint density at radius 2 is 0.794 bits per heavy atom. The van der Waals surface area contributed by atoms with Crippen LogP contribution < -0.4 is 14.4 Å². The second-order valence-corrected chi connectivity index (χ2v) is 21.2. The molecule has 0 fully saturated rings. The van der Waals surface area contributed by atoms with Crippen LogP contribution in [-0.2, 0) is 28.2 Å². The molecule has 0 amide bonds. The number of hydrogen-bond donors (Lipinski definition) is 0. The van der Waals surface area contributed by atoms with Crippen molar-refractivity contribution in [2.45, 2.75) is 69.7 Å². The number of anilines is 2. The minimum atomic E-state index is -0.614. The van der Waals surface area contributed by atoms with Crippen LogP contribution in [0.3, 0.4) is 0 Å². The molecule has 0 aromatic heterocycles. The zero-order valence-electron chi connectivity index (χ0n) is 39.5. The van der Waals surface area contributed by atoms with Gasteiger partial charge in [-0.15, -0.1) is 0 Å². The van der Waals surface area contributed by atoms with E-state index < -0.39 is 10.8 Å². The van der Waals surface area contributed by atoms with E-state index in [1.54, 1.807) is 0 Å². The molecule has 3 nitrogen and oxygen atoms in total. The third kappa shape index (κ3) is 5.59. The largest absolute Gasteiger partial charge is 0.457 e. The lowest BCUT2D eigenvalue weighted by molar-refractivity contribution is 0.433. The third-order valence-corrected chi connectivity index (χ3v) is 15.4. The molecule has 0 atom stereocenters. The molecule has 9 aromatic rings. The topological polar surface area (TPSA) is 21.7 Å². The Hall–Kier alpha value is -7.62. The van der Waals surface area contributed by atoms with Gasteiger partial charge in [0.15, 0.2) is 0 Å². The van der Waals surface area contributed by atoms with Gasteiger partial charge in [0.2, 0.25) is 0 Å². The summed E-state index contributed by atoms with van der Waals surface area (Å²) < 4.78 is 13.9. The number of rotatable bonds is 4. The standard InChI is InChI=1S/C65H53NO2/c1-62(2,3)42-31-34-58-54(37-42)65(55-38-43(63(4,5)6)32-35-59(55)68-58)51-27-15-12-24-48(51)61-41(19-18-29-53(61)65)40-66(44-20-8-7-9-21-44)45-33-36-60-56(39-45)64(52-28-16-17-30-57(52)67-60)49-25-13-10-22-46(49)47-23-11-14-26-50(47)64/h7-39H,40H2,1-6H3. The fraction of sp³-hybridized carbons (Fsp3) is 0.169. The Labute approximate surface area is 400 Å². The van der Waals surface area contributed by atoms with Crippen molar-refractivity contribution in [3.8, 4) is 45.3 Å². The molecule has 3 heteroatoms. The molecule has 2 heterocycles. The van der Waals surface area contributed by atoms with Crippen molar-refractivity contribution < 1.29 is 9.47 Å². The Morgan fingerprint density at radius 1 is 0.353 bits per heavy atom. The van der Waals surface area contributed by atoms with Crippen LogP contribution in [0.4, 0.5) is 11.4 Å². The highest BCUT2D eigenvalue weighted by molar-refractivity contribution is 5.92. The second kappa shape index (κ2) is 14.4. The van der Waals surface area contributed by atoms with E-state index in [1.165, 1.54) is 72.3 Å². The maximum Gasteiger partial charge on any atom is 0.132 e. The summed E-state index contributed by atoms with van der Waals surface area (Å²) in [5.41, 5.74) is 19.7. The first-order valence-corrected chi connectivity index (χ1v) is 24.1. The van der Waals surface area contributed by atoms with Crippen molar-refractivity contribution in [1.82, 2.24) is 0 Å². The predicted molar refractivity (Wildman–Crippen MR) is 277 cm³/mol. The van der Waals surface area contributed by atoms with E-state index in [1.807, 2.05) is 0 Å². The molecule has 0 unspecified atom stereocenters. The zero-order valence-corrected chi connectivity index (χ0v) is 39.5. The summed E-state index contributed by atoms with van der Waals surface area (Å²) >= 11 is 0. The predicted octanol–water partition coefficient (Wildman–Crippen LogP) is 16.6. The molecule has 0 saturated carbocycles. The van der Waals surface area contributed by atoms with Crippen LogP contribution in [0.5, 0.6) is 23.0 Å². The molecule has 330 valence electrons. The van der Waals surface area contributed by atoms with Crippen molar-refractivity contribution in [3.63, 3.8) is 0 Å². The first kappa shape index (κ1) is 40.6. The number of ether oxygens (including phenoxy) is 2. The van der Waals surface area contributed by atoms with Gasteiger partial charge in [0, 0.05) is 40.2 Å². The number of fused-ring (bicyclic) bond motifs is 18. The van der Waals surface area contributed by atoms with E-state index in [4.69, 9.17) is 9.47 Å². The quantitative estimate of drug-likeness (QED) is 0.176. The molecule has 0 saturated heterocycles. The number of para-hydroxylation sites is 2. The van der Waals surface area contributed by atoms with E-state index in [9.17, 15) is 0 Å². The first-order chi connectivity index (χ1) is 33.0. The summed E-state index contributed by atoms with van der Waals surface area (Å²) in [6.07, 6.45) is 0. The van der Waals surface area contributed by atoms with E-state index >= 15 is 0 Å². The Bertz CT molecular complexity index is 3420. The summed E-state index contributed by atoms with van der Waals surface area (Å²) in [4.78, 5) is 2.51. The third-order valence-electron chi connectivity index (χ3n) is 15.4. The summed E-state index contributed by atoms with van der Waals surface area (Å²) in [6.45, 7) is 14.5. The maximum atomic E-state index is 6.97. The monoisotopic (exact) mass is 879 g/mol. The van der Waals surface area contributed by atoms with Gasteiger partial charge in [0.25, 0.3) is 0 Å². The zero-order chi connectivity index (χ0) is 46.2. The van der Waals surface area contributed by atoms with Crippen LogP contribution in [0.1, 0.15) is 103 Å². The van der Waals surface area contributed by atoms with Gasteiger partial charge in [-0.3, -0.25) is 0 Å². The molecule has 2 aliphatic carbocycles. The fourth-order valence-corrected chi connectivity index (χ4v) is 12.3. The molecule has 9 aromatic carbocycles. The van der Waals surface area contributed by atoms with Gasteiger partial charge in [-0.25, -0.2) is 0 Å². The molecular formula is C65H53NO2. The molecular weight excluding hydrogens is 827 g/mol. The lowest BCUT2D eigenvalue weighted by atomic mass is 9.64. The van der Waals surface area contributed by atoms with Crippen molar-refractivity contribution in [1.29, 1.82) is 0 Å². The normalized spacial score (nSPS) is 14.9. The maximum absolute atomic E-state index is 6.97. The molecule has 13 rings (SSSR count). The average Bonchev–Trinajstić information content (AvgIpc) is 3.82. The van der Waals surface area contributed by atoms with Gasteiger partial charge in [-0.05, 0) is 133 Å². The molecule has 0 bridgehead atoms. The number of nitrogens with zero attached hydrogens (tertiary/aromatic N) is 1. The van der Waals surface area contributed by atoms with Crippen LogP contribution in [0, 0.1) is 0 Å². The minimum Gasteiger partial charge on any atom is -0.457 e. The summed E-state index contributed by atoms with van der Waals surface area (Å²) in [7, 11) is 0. The Balaban J connectivity index is 1.05. The van der Waals surface area contributed by atoms with Gasteiger partial charge in [-0.1, -0.05) is 181 Å². The van der Waals surface area contributed by atoms with Crippen molar-refractivity contribution in [3.05, 3.63) is 261 Å². The summed E-state index contributed by atoms with van der Waals surface area (Å²) in [6, 6.07) is 74.4. The lowest BCUT2D eigenvalue weighted by Gasteiger charge is -2.41. The Kier molecular flexibility index (Phi) is 8.63. The average molecular weight is 880 g/mol. The Morgan fingerprint density at radius 3 is 1.38 bits per heavy atom. The van der Waals surface area contributed by atoms with Crippen LogP contribution >= 0.6 is 0 Å². The summed E-state index contributed by atoms with van der Waals surface area (Å²) in [5, 5.41) is 0. The number of hydrogen-bond acceptors (Lipinski definition) is 3. The highest BCUT2D eigenvalue weighted by atomic mass is 16.5. The van der Waals surface area contributed by atoms with Gasteiger partial charge in [0.1, 0.15) is 23.0 Å². The molecule has 68 heavy (non-hydrogen) atoms. The molecule has 0 radical (unpaired) electrons. The van der Waals surface area contributed by atoms with Crippen molar-refractivity contribution in [2.24, 2.45) is 0 Å². The van der Waals surface area contributed by atoms with Gasteiger partial charge < -0.3 is 14.4 Å². The second-order valence-electron chi connectivity index (χ2n) is 21.2. The molecule has 2 spiro atoms. The lowest BCUT2D eigenvalue weighted by Crippen LogP contribution is -2.33. The van der Waals surface area contributed by atoms with Crippen LogP contribution in [-0.4, -0.2) is 0 Å². The minimum absolute atomic E-state index is 0.0635. The van der Waals surface area contributed by atoms with Crippen molar-refractivity contribution >= 4 is 11.4 Å². The van der Waals surface area contributed by atoms with Gasteiger partial charge >= 0.3 is 0 Å². The van der Waals surface area contributed by atoms with E-state index in [0.29, 0.717) is 6.54 Å². The van der Waals surface area contributed by atoms with E-state index in [-0.39, 0.29) is 10.8 Å². The smallest absolute Gasteiger partial charge is 0.132 e. The van der Waals surface area contributed by atoms with Crippen LogP contribution in [0.2, 0.25) is 0 Å². The van der Waals surface area contributed by atoms with Crippen LogP contribution in [0.25, 0.3) is 22.3 Å². The van der Waals surface area contributed by atoms with Gasteiger partial charge in [0.05, 0.1) is 10.8 Å². The number of benzene rings is 9. The van der Waals surface area contributed by atoms with E-state index in [0.717, 1.165) is 45.5 Å². The highest BCUT2D eigenvalue weighted by Gasteiger charge is 2.53. The molecule has 0 N–H and O–H groups in total. The van der Waals surface area contributed by atoms with E-state index in [2.05, 4.69) is 247 Å². The summed E-state index contributed by atoms with van der Waals surface area (Å²) in [5.74, 6) is 3.60. The van der Waals surface area contributed by atoms with Gasteiger partial charge in [-0.2, -0.15) is 0 Å². The van der Waals surface area contributed by atoms with Crippen molar-refractivity contribution in [2.75, 3.05) is 4.90 Å².